The average Bonchev–Trinajstić information content (AvgIpc) is 2.49. The number of hydrogen-bond acceptors (Lipinski definition) is 3. The number of alkyl halides is 3. The van der Waals surface area contributed by atoms with Crippen molar-refractivity contribution in [1.82, 2.24) is 9.55 Å². The lowest BCUT2D eigenvalue weighted by Gasteiger charge is -2.08. The molecule has 0 radical (unpaired) electrons. The summed E-state index contributed by atoms with van der Waals surface area (Å²) in [6.45, 7) is -1.36. The van der Waals surface area contributed by atoms with E-state index in [1.807, 2.05) is 0 Å². The molecule has 0 spiro atoms. The number of nitrogens with zero attached hydrogens (tertiary/aromatic N) is 3. The molecule has 5 nitrogen and oxygen atoms in total. The zero-order valence-corrected chi connectivity index (χ0v) is 12.4. The Morgan fingerprint density at radius 3 is 2.74 bits per heavy atom. The molecule has 23 heavy (non-hydrogen) atoms. The lowest BCUT2D eigenvalue weighted by molar-refractivity contribution is -0.159. The van der Waals surface area contributed by atoms with Gasteiger partial charge in [-0.1, -0.05) is 23.7 Å². The zero-order chi connectivity index (χ0) is 16.9. The summed E-state index contributed by atoms with van der Waals surface area (Å²) in [4.78, 5) is 18.8. The van der Waals surface area contributed by atoms with Crippen LogP contribution in [0.3, 0.4) is 0 Å². The van der Waals surface area contributed by atoms with Crippen LogP contribution in [0.15, 0.2) is 47.7 Å². The smallest absolute Gasteiger partial charge is 0.435 e. The fourth-order valence-corrected chi connectivity index (χ4v) is 1.78. The standard InChI is InChI=1S/C14H11ClF3N3O2/c15-11-5-4-10(7-19-11)8-21-6-2-1-3-12(21)20-13(22)23-9-14(16,17)18/h1-7H,8-9H2. The molecular weight excluding hydrogens is 335 g/mol. The Balaban J connectivity index is 2.18. The van der Waals surface area contributed by atoms with Crippen molar-refractivity contribution in [2.24, 2.45) is 4.99 Å². The minimum Gasteiger partial charge on any atom is -0.438 e. The first kappa shape index (κ1) is 17.0. The number of ether oxygens (including phenoxy) is 1. The molecule has 2 aromatic rings. The molecule has 0 saturated heterocycles. The second kappa shape index (κ2) is 7.28. The zero-order valence-electron chi connectivity index (χ0n) is 11.6. The molecule has 0 fully saturated rings. The number of aromatic nitrogens is 2. The summed E-state index contributed by atoms with van der Waals surface area (Å²) < 4.78 is 41.7. The predicted molar refractivity (Wildman–Crippen MR) is 75.7 cm³/mol. The van der Waals surface area contributed by atoms with Crippen LogP contribution in [0.5, 0.6) is 0 Å². The van der Waals surface area contributed by atoms with Gasteiger partial charge in [0.05, 0.1) is 6.54 Å². The van der Waals surface area contributed by atoms with E-state index >= 15 is 0 Å². The summed E-state index contributed by atoms with van der Waals surface area (Å²) >= 11 is 5.70. The maximum atomic E-state index is 12.0. The molecule has 0 aliphatic carbocycles. The Morgan fingerprint density at radius 2 is 2.09 bits per heavy atom. The summed E-state index contributed by atoms with van der Waals surface area (Å²) in [5.74, 6) is 0. The predicted octanol–water partition coefficient (Wildman–Crippen LogP) is 3.18. The maximum absolute atomic E-state index is 12.0. The normalized spacial score (nSPS) is 12.3. The number of amides is 1. The van der Waals surface area contributed by atoms with Gasteiger partial charge in [-0.25, -0.2) is 9.78 Å². The van der Waals surface area contributed by atoms with Crippen LogP contribution in [0.25, 0.3) is 0 Å². The fourth-order valence-electron chi connectivity index (χ4n) is 1.67. The van der Waals surface area contributed by atoms with Crippen LogP contribution < -0.4 is 5.49 Å². The first-order valence-corrected chi connectivity index (χ1v) is 6.75. The molecule has 9 heteroatoms. The highest BCUT2D eigenvalue weighted by Crippen LogP contribution is 2.14. The van der Waals surface area contributed by atoms with Crippen molar-refractivity contribution in [3.63, 3.8) is 0 Å². The van der Waals surface area contributed by atoms with Crippen LogP contribution in [0.1, 0.15) is 5.56 Å². The van der Waals surface area contributed by atoms with Crippen LogP contribution in [-0.2, 0) is 11.3 Å². The SMILES string of the molecule is O=C(N=c1ccccn1Cc1ccc(Cl)nc1)OCC(F)(F)F. The van der Waals surface area contributed by atoms with Crippen LogP contribution in [0.4, 0.5) is 18.0 Å². The molecule has 0 aromatic carbocycles. The van der Waals surface area contributed by atoms with Crippen molar-refractivity contribution in [2.75, 3.05) is 6.61 Å². The van der Waals surface area contributed by atoms with E-state index in [1.54, 1.807) is 41.2 Å². The molecule has 2 aromatic heterocycles. The van der Waals surface area contributed by atoms with Gasteiger partial charge in [-0.2, -0.15) is 18.2 Å². The number of pyridine rings is 2. The minimum atomic E-state index is -4.59. The number of carbonyl (C=O) groups excluding carboxylic acids is 1. The molecule has 2 rings (SSSR count). The van der Waals surface area contributed by atoms with Crippen molar-refractivity contribution < 1.29 is 22.7 Å². The van der Waals surface area contributed by atoms with E-state index in [-0.39, 0.29) is 5.49 Å². The van der Waals surface area contributed by atoms with Gasteiger partial charge in [-0.05, 0) is 23.8 Å². The molecule has 0 N–H and O–H groups in total. The van der Waals surface area contributed by atoms with E-state index in [1.165, 1.54) is 6.07 Å². The highest BCUT2D eigenvalue weighted by Gasteiger charge is 2.29. The largest absolute Gasteiger partial charge is 0.438 e. The summed E-state index contributed by atoms with van der Waals surface area (Å²) in [5.41, 5.74) is 0.945. The lowest BCUT2D eigenvalue weighted by atomic mass is 10.3. The summed E-state index contributed by atoms with van der Waals surface area (Å²) in [6.07, 6.45) is -2.72. The molecule has 0 unspecified atom stereocenters. The molecular formula is C14H11ClF3N3O2. The molecule has 0 aliphatic heterocycles. The third kappa shape index (κ3) is 5.74. The van der Waals surface area contributed by atoms with Crippen molar-refractivity contribution in [3.8, 4) is 0 Å². The molecule has 0 atom stereocenters. The van der Waals surface area contributed by atoms with Gasteiger partial charge in [0, 0.05) is 12.4 Å². The second-order valence-corrected chi connectivity index (χ2v) is 4.84. The molecule has 0 saturated carbocycles. The molecule has 0 bridgehead atoms. The molecule has 2 heterocycles. The van der Waals surface area contributed by atoms with Crippen molar-refractivity contribution >= 4 is 17.7 Å². The van der Waals surface area contributed by atoms with Gasteiger partial charge >= 0.3 is 12.3 Å². The molecule has 0 aliphatic rings. The van der Waals surface area contributed by atoms with Crippen LogP contribution in [0, 0.1) is 0 Å². The third-order valence-corrected chi connectivity index (χ3v) is 2.85. The van der Waals surface area contributed by atoms with Gasteiger partial charge in [0.15, 0.2) is 6.61 Å². The van der Waals surface area contributed by atoms with Crippen molar-refractivity contribution in [2.45, 2.75) is 12.7 Å². The van der Waals surface area contributed by atoms with E-state index in [9.17, 15) is 18.0 Å². The first-order chi connectivity index (χ1) is 10.8. The average molecular weight is 346 g/mol. The van der Waals surface area contributed by atoms with E-state index < -0.39 is 18.9 Å². The molecule has 1 amide bonds. The highest BCUT2D eigenvalue weighted by atomic mass is 35.5. The lowest BCUT2D eigenvalue weighted by Crippen LogP contribution is -2.24. The van der Waals surface area contributed by atoms with Gasteiger partial charge in [0.1, 0.15) is 10.6 Å². The van der Waals surface area contributed by atoms with Gasteiger partial charge in [-0.3, -0.25) is 0 Å². The van der Waals surface area contributed by atoms with E-state index in [4.69, 9.17) is 11.6 Å². The Hall–Kier alpha value is -2.35. The van der Waals surface area contributed by atoms with Crippen molar-refractivity contribution in [3.05, 3.63) is 58.9 Å². The van der Waals surface area contributed by atoms with Gasteiger partial charge < -0.3 is 9.30 Å². The van der Waals surface area contributed by atoms with E-state index in [0.29, 0.717) is 11.7 Å². The monoisotopic (exact) mass is 345 g/mol. The summed E-state index contributed by atoms with van der Waals surface area (Å²) in [5, 5.41) is 0.340. The third-order valence-electron chi connectivity index (χ3n) is 2.62. The second-order valence-electron chi connectivity index (χ2n) is 4.46. The minimum absolute atomic E-state index is 0.162. The number of hydrogen-bond donors (Lipinski definition) is 0. The van der Waals surface area contributed by atoms with Crippen LogP contribution >= 0.6 is 11.6 Å². The quantitative estimate of drug-likeness (QED) is 0.803. The van der Waals surface area contributed by atoms with Crippen LogP contribution in [0.2, 0.25) is 5.15 Å². The Morgan fingerprint density at radius 1 is 1.30 bits per heavy atom. The Kier molecular flexibility index (Phi) is 5.38. The summed E-state index contributed by atoms with van der Waals surface area (Å²) in [6, 6.07) is 8.13. The van der Waals surface area contributed by atoms with Crippen molar-refractivity contribution in [1.29, 1.82) is 0 Å². The Labute approximate surface area is 134 Å². The van der Waals surface area contributed by atoms with Gasteiger partial charge in [0.2, 0.25) is 0 Å². The Bertz CT molecular complexity index is 742. The van der Waals surface area contributed by atoms with E-state index in [2.05, 4.69) is 14.7 Å². The van der Waals surface area contributed by atoms with Gasteiger partial charge in [0.25, 0.3) is 0 Å². The van der Waals surface area contributed by atoms with Gasteiger partial charge in [-0.15, -0.1) is 0 Å². The number of halogens is 4. The number of rotatable bonds is 3. The van der Waals surface area contributed by atoms with Crippen LogP contribution in [-0.4, -0.2) is 28.4 Å². The first-order valence-electron chi connectivity index (χ1n) is 6.38. The number of carbonyl (C=O) groups is 1. The topological polar surface area (TPSA) is 56.5 Å². The fraction of sp³-hybridized carbons (Fsp3) is 0.214. The molecule has 122 valence electrons. The summed E-state index contributed by atoms with van der Waals surface area (Å²) in [7, 11) is 0. The van der Waals surface area contributed by atoms with E-state index in [0.717, 1.165) is 5.56 Å². The highest BCUT2D eigenvalue weighted by molar-refractivity contribution is 6.29. The maximum Gasteiger partial charge on any atom is 0.435 e.